The lowest BCUT2D eigenvalue weighted by molar-refractivity contribution is -0.134. The number of nitrogens with zero attached hydrogens (tertiary/aromatic N) is 7. The highest BCUT2D eigenvalue weighted by Gasteiger charge is 2.42. The lowest BCUT2D eigenvalue weighted by Gasteiger charge is -2.37. The number of imidazole rings is 1. The van der Waals surface area contributed by atoms with Gasteiger partial charge in [0.1, 0.15) is 17.9 Å². The summed E-state index contributed by atoms with van der Waals surface area (Å²) in [6.45, 7) is 5.87. The van der Waals surface area contributed by atoms with Gasteiger partial charge in [0.25, 0.3) is 11.8 Å². The van der Waals surface area contributed by atoms with Crippen LogP contribution in [0.3, 0.4) is 0 Å². The number of thiazole rings is 1. The van der Waals surface area contributed by atoms with Gasteiger partial charge in [0.15, 0.2) is 11.2 Å². The van der Waals surface area contributed by atoms with Crippen LogP contribution in [0.2, 0.25) is 0 Å². The second-order valence-corrected chi connectivity index (χ2v) is 18.9. The minimum atomic E-state index is -1.06. The number of likely N-dealkylation sites (tertiary alicyclic amines) is 1. The summed E-state index contributed by atoms with van der Waals surface area (Å²) in [7, 11) is 0. The molecule has 344 valence electrons. The molecule has 66 heavy (non-hydrogen) atoms. The van der Waals surface area contributed by atoms with Crippen molar-refractivity contribution in [3.8, 4) is 11.1 Å². The molecule has 15 nitrogen and oxygen atoms in total. The number of aliphatic hydroxyl groups is 1. The van der Waals surface area contributed by atoms with Gasteiger partial charge in [0, 0.05) is 79.8 Å². The molecular weight excluding hydrogens is 867 g/mol. The van der Waals surface area contributed by atoms with Crippen molar-refractivity contribution in [2.45, 2.75) is 82.4 Å². The van der Waals surface area contributed by atoms with Crippen molar-refractivity contribution >= 4 is 45.8 Å². The predicted molar refractivity (Wildman–Crippen MR) is 243 cm³/mol. The molecule has 7 heterocycles. The van der Waals surface area contributed by atoms with Crippen LogP contribution < -0.4 is 16.0 Å². The molecule has 3 atom stereocenters. The summed E-state index contributed by atoms with van der Waals surface area (Å²) in [5, 5.41) is 20.8. The quantitative estimate of drug-likeness (QED) is 0.132. The van der Waals surface area contributed by atoms with Crippen molar-refractivity contribution in [1.82, 2.24) is 39.5 Å². The molecule has 3 saturated heterocycles. The normalized spacial score (nSPS) is 20.8. The summed E-state index contributed by atoms with van der Waals surface area (Å²) in [4.78, 5) is 69.5. The van der Waals surface area contributed by atoms with E-state index in [0.717, 1.165) is 62.1 Å². The summed E-state index contributed by atoms with van der Waals surface area (Å²) >= 11 is 1.28. The first kappa shape index (κ1) is 43.8. The Morgan fingerprint density at radius 1 is 0.879 bits per heavy atom. The van der Waals surface area contributed by atoms with Crippen LogP contribution in [0.15, 0.2) is 72.5 Å². The minimum absolute atomic E-state index is 0.0515. The third kappa shape index (κ3) is 9.06. The van der Waals surface area contributed by atoms with Gasteiger partial charge in [-0.3, -0.25) is 34.3 Å². The Morgan fingerprint density at radius 2 is 1.68 bits per heavy atom. The molecule has 3 aromatic carbocycles. The molecule has 2 aromatic heterocycles. The molecule has 0 radical (unpaired) electrons. The Balaban J connectivity index is 0.705. The molecule has 3 fully saturated rings. The van der Waals surface area contributed by atoms with Gasteiger partial charge in [0.05, 0.1) is 31.2 Å². The number of carbonyl (C=O) groups excluding carboxylic acids is 4. The van der Waals surface area contributed by atoms with Crippen LogP contribution in [0.1, 0.15) is 82.5 Å². The molecule has 3 unspecified atom stereocenters. The van der Waals surface area contributed by atoms with Gasteiger partial charge in [-0.15, -0.1) is 11.3 Å². The van der Waals surface area contributed by atoms with Gasteiger partial charge in [-0.05, 0) is 97.6 Å². The Morgan fingerprint density at radius 3 is 2.42 bits per heavy atom. The lowest BCUT2D eigenvalue weighted by Crippen LogP contribution is -2.51. The average molecular weight is 919 g/mol. The zero-order valence-corrected chi connectivity index (χ0v) is 37.2. The first-order chi connectivity index (χ1) is 32.0. The first-order valence-electron chi connectivity index (χ1n) is 22.8. The van der Waals surface area contributed by atoms with E-state index in [4.69, 9.17) is 0 Å². The number of fused-ring (bicyclic) bond motifs is 2. The number of aryl methyl sites for hydroxylation is 1. The van der Waals surface area contributed by atoms with E-state index in [1.54, 1.807) is 30.0 Å². The molecule has 0 saturated carbocycles. The molecule has 4 N–H and O–H groups in total. The fraction of sp³-hybridized carbons (Fsp3) is 0.417. The fourth-order valence-corrected chi connectivity index (χ4v) is 10.7. The third-order valence-electron chi connectivity index (χ3n) is 13.8. The van der Waals surface area contributed by atoms with Crippen molar-refractivity contribution < 1.29 is 33.1 Å². The second-order valence-electron chi connectivity index (χ2n) is 18.0. The molecular formula is C48H52F2N10O5S. The van der Waals surface area contributed by atoms with Crippen molar-refractivity contribution in [2.75, 3.05) is 56.4 Å². The minimum Gasteiger partial charge on any atom is -0.378 e. The van der Waals surface area contributed by atoms with Gasteiger partial charge >= 0.3 is 0 Å². The lowest BCUT2D eigenvalue weighted by atomic mass is 9.89. The van der Waals surface area contributed by atoms with E-state index in [0.29, 0.717) is 79.7 Å². The Bertz CT molecular complexity index is 2630. The number of hydrogen-bond donors (Lipinski definition) is 4. The Labute approximate surface area is 384 Å². The number of rotatable bonds is 12. The van der Waals surface area contributed by atoms with Crippen LogP contribution in [0, 0.1) is 11.6 Å². The molecule has 0 aliphatic carbocycles. The van der Waals surface area contributed by atoms with E-state index in [1.807, 2.05) is 39.8 Å². The van der Waals surface area contributed by atoms with E-state index in [9.17, 15) is 24.3 Å². The summed E-state index contributed by atoms with van der Waals surface area (Å²) in [5.41, 5.74) is 5.53. The molecule has 10 rings (SSSR count). The van der Waals surface area contributed by atoms with Crippen LogP contribution in [-0.4, -0.2) is 121 Å². The summed E-state index contributed by atoms with van der Waals surface area (Å²) in [5.74, 6) is -1.72. The van der Waals surface area contributed by atoms with Crippen molar-refractivity contribution in [2.24, 2.45) is 0 Å². The number of benzene rings is 3. The topological polar surface area (TPSA) is 168 Å². The van der Waals surface area contributed by atoms with Crippen LogP contribution in [0.5, 0.6) is 0 Å². The monoisotopic (exact) mass is 918 g/mol. The number of piperazine rings is 1. The Hall–Kier alpha value is -6.08. The zero-order valence-electron chi connectivity index (χ0n) is 36.4. The Kier molecular flexibility index (Phi) is 12.4. The van der Waals surface area contributed by atoms with Gasteiger partial charge in [-0.1, -0.05) is 30.3 Å². The number of halogens is 2. The molecule has 5 aliphatic rings. The number of aromatic nitrogens is 3. The van der Waals surface area contributed by atoms with Gasteiger partial charge in [0.2, 0.25) is 11.8 Å². The van der Waals surface area contributed by atoms with Crippen LogP contribution in [0.4, 0.5) is 19.6 Å². The van der Waals surface area contributed by atoms with Crippen LogP contribution in [0.25, 0.3) is 11.1 Å². The summed E-state index contributed by atoms with van der Waals surface area (Å²) < 4.78 is 33.2. The molecule has 4 amide bonds. The summed E-state index contributed by atoms with van der Waals surface area (Å²) in [6.07, 6.45) is 6.19. The highest BCUT2D eigenvalue weighted by atomic mass is 32.1. The third-order valence-corrected chi connectivity index (χ3v) is 14.5. The maximum atomic E-state index is 15.9. The predicted octanol–water partition coefficient (Wildman–Crippen LogP) is 5.10. The number of piperidine rings is 2. The number of carbonyl (C=O) groups is 4. The second kappa shape index (κ2) is 18.7. The number of hydrogen-bond acceptors (Lipinski definition) is 11. The number of nitrogens with one attached hydrogen (secondary N) is 3. The van der Waals surface area contributed by atoms with E-state index < -0.39 is 29.9 Å². The molecule has 5 aromatic rings. The van der Waals surface area contributed by atoms with Gasteiger partial charge in [-0.25, -0.2) is 18.7 Å². The highest BCUT2D eigenvalue weighted by Crippen LogP contribution is 2.38. The van der Waals surface area contributed by atoms with Crippen LogP contribution >= 0.6 is 11.3 Å². The van der Waals surface area contributed by atoms with Crippen molar-refractivity contribution in [3.05, 3.63) is 118 Å². The number of amides is 4. The number of aliphatic hydroxyl groups excluding tert-OH is 1. The average Bonchev–Trinajstić information content (AvgIpc) is 4.14. The molecule has 0 bridgehead atoms. The smallest absolute Gasteiger partial charge is 0.255 e. The van der Waals surface area contributed by atoms with E-state index >= 15 is 8.78 Å². The van der Waals surface area contributed by atoms with E-state index in [1.165, 1.54) is 28.4 Å². The maximum absolute atomic E-state index is 15.9. The van der Waals surface area contributed by atoms with Crippen molar-refractivity contribution in [1.29, 1.82) is 0 Å². The summed E-state index contributed by atoms with van der Waals surface area (Å²) in [6, 6.07) is 14.7. The standard InChI is InChI=1S/C48H52F2N10O5S/c49-37-23-32(22-35-36(37)26-60(47(35)65)44(46(64)55-48-51-13-21-66-48)43-40-2-1-14-59(40)28-52-43)30-5-3-29(4-6-30)25-57-17-19-58(20-18-57)42(62)27-56-15-11-31(12-16-56)34-8-7-33(24-38(34)50)53-39-9-10-41(61)54-45(39)63/h3-8,13,21-24,28,31,39,44-45,53,63H,1-2,9-12,14-20,25-27H2,(H,54,61)(H,51,55,64). The first-order valence-corrected chi connectivity index (χ1v) is 23.7. The largest absolute Gasteiger partial charge is 0.378 e. The van der Waals surface area contributed by atoms with Crippen molar-refractivity contribution in [3.63, 3.8) is 0 Å². The fourth-order valence-electron chi connectivity index (χ4n) is 10.2. The number of anilines is 2. The molecule has 18 heteroatoms. The van der Waals surface area contributed by atoms with E-state index in [2.05, 4.69) is 35.7 Å². The highest BCUT2D eigenvalue weighted by molar-refractivity contribution is 7.13. The van der Waals surface area contributed by atoms with Crippen LogP contribution in [-0.2, 0) is 40.4 Å². The maximum Gasteiger partial charge on any atom is 0.255 e. The molecule has 5 aliphatic heterocycles. The zero-order chi connectivity index (χ0) is 45.5. The van der Waals surface area contributed by atoms with Gasteiger partial charge in [-0.2, -0.15) is 0 Å². The molecule has 0 spiro atoms. The van der Waals surface area contributed by atoms with E-state index in [-0.39, 0.29) is 47.3 Å². The SMILES string of the molecule is O=C1CCC(Nc2ccc(C3CCN(CC(=O)N4CCN(Cc5ccc(-c6cc(F)c7c(c6)C(=O)N(C(C(=O)Nc6nccs6)c6ncn8c6CCC8)C7)cc5)CC4)CC3)c(F)c2)C(O)N1. The van der Waals surface area contributed by atoms with Gasteiger partial charge < -0.3 is 30.1 Å².